The van der Waals surface area contributed by atoms with E-state index in [-0.39, 0.29) is 52.2 Å². The van der Waals surface area contributed by atoms with Crippen molar-refractivity contribution in [3.05, 3.63) is 35.9 Å². The van der Waals surface area contributed by atoms with Crippen LogP contribution in [-0.2, 0) is 0 Å². The number of urea groups is 1. The molecule has 3 amide bonds. The Morgan fingerprint density at radius 2 is 1.74 bits per heavy atom. The number of carbonyl (C=O) groups is 2. The molecule has 2 aliphatic carbocycles. The maximum absolute atomic E-state index is 14.4. The van der Waals surface area contributed by atoms with E-state index in [1.807, 2.05) is 27.7 Å². The van der Waals surface area contributed by atoms with Crippen LogP contribution in [0, 0.1) is 17.2 Å². The zero-order chi connectivity index (χ0) is 32.9. The van der Waals surface area contributed by atoms with Crippen LogP contribution in [0.3, 0.4) is 0 Å². The van der Waals surface area contributed by atoms with E-state index in [0.29, 0.717) is 17.8 Å². The van der Waals surface area contributed by atoms with Crippen molar-refractivity contribution >= 4 is 17.8 Å². The van der Waals surface area contributed by atoms with Gasteiger partial charge in [0.15, 0.2) is 5.82 Å². The van der Waals surface area contributed by atoms with Crippen molar-refractivity contribution < 1.29 is 18.7 Å². The molecule has 5 fully saturated rings. The van der Waals surface area contributed by atoms with E-state index in [1.165, 1.54) is 50.2 Å². The fraction of sp³-hybridized carbons (Fsp3) is 0.686. The quantitative estimate of drug-likeness (QED) is 0.401. The van der Waals surface area contributed by atoms with E-state index in [2.05, 4.69) is 35.2 Å². The molecular formula is C35H49FN8O3. The van der Waals surface area contributed by atoms with Crippen molar-refractivity contribution in [2.24, 2.45) is 11.3 Å². The van der Waals surface area contributed by atoms with Gasteiger partial charge in [0.1, 0.15) is 17.9 Å². The summed E-state index contributed by atoms with van der Waals surface area (Å²) in [6.45, 7) is 13.7. The second kappa shape index (κ2) is 12.5. The summed E-state index contributed by atoms with van der Waals surface area (Å²) in [5, 5.41) is 11.6. The molecule has 254 valence electrons. The van der Waals surface area contributed by atoms with Crippen LogP contribution < -0.4 is 15.0 Å². The monoisotopic (exact) mass is 648 g/mol. The minimum Gasteiger partial charge on any atom is -0.434 e. The van der Waals surface area contributed by atoms with Gasteiger partial charge in [-0.2, -0.15) is 0 Å². The predicted molar refractivity (Wildman–Crippen MR) is 176 cm³/mol. The van der Waals surface area contributed by atoms with E-state index in [9.17, 15) is 14.0 Å². The van der Waals surface area contributed by atoms with Crippen molar-refractivity contribution in [1.82, 2.24) is 35.2 Å². The van der Waals surface area contributed by atoms with Gasteiger partial charge in [-0.3, -0.25) is 4.79 Å². The first kappa shape index (κ1) is 32.0. The van der Waals surface area contributed by atoms with Crippen LogP contribution in [0.15, 0.2) is 24.5 Å². The van der Waals surface area contributed by atoms with Crippen LogP contribution in [0.1, 0.15) is 89.4 Å². The van der Waals surface area contributed by atoms with Crippen molar-refractivity contribution in [3.8, 4) is 11.6 Å². The lowest BCUT2D eigenvalue weighted by Gasteiger charge is -2.54. The summed E-state index contributed by atoms with van der Waals surface area (Å²) in [4.78, 5) is 39.2. The molecule has 0 bridgehead atoms. The molecule has 5 aliphatic rings. The summed E-state index contributed by atoms with van der Waals surface area (Å²) < 4.78 is 20.6. The molecule has 11 nitrogen and oxygen atoms in total. The van der Waals surface area contributed by atoms with E-state index in [1.54, 1.807) is 4.90 Å². The van der Waals surface area contributed by atoms with Gasteiger partial charge in [0.2, 0.25) is 0 Å². The number of rotatable bonds is 9. The molecule has 4 heterocycles. The largest absolute Gasteiger partial charge is 0.434 e. The highest BCUT2D eigenvalue weighted by Gasteiger charge is 2.50. The summed E-state index contributed by atoms with van der Waals surface area (Å²) >= 11 is 0. The summed E-state index contributed by atoms with van der Waals surface area (Å²) in [6, 6.07) is 4.52. The molecule has 0 atom stereocenters. The molecule has 12 heteroatoms. The Morgan fingerprint density at radius 1 is 1.04 bits per heavy atom. The second-order valence-electron chi connectivity index (χ2n) is 15.4. The van der Waals surface area contributed by atoms with Crippen molar-refractivity contribution in [2.45, 2.75) is 103 Å². The normalized spacial score (nSPS) is 25.9. The lowest BCUT2D eigenvalue weighted by molar-refractivity contribution is 0.0582. The zero-order valence-electron chi connectivity index (χ0n) is 28.3. The summed E-state index contributed by atoms with van der Waals surface area (Å²) in [5.41, 5.74) is 0.395. The number of nitrogens with zero attached hydrogens (tertiary/aromatic N) is 7. The zero-order valence-corrected chi connectivity index (χ0v) is 28.3. The van der Waals surface area contributed by atoms with Gasteiger partial charge in [0, 0.05) is 49.7 Å². The fourth-order valence-corrected chi connectivity index (χ4v) is 8.53. The SMILES string of the molecule is CC(C)N(C(=O)c1cc(F)ccc1Oc1nncnc1N1CC2(CCN(CC3CCC4(CC3)CN(C3CC3)C(=O)N4)CC2)C1)C(C)C. The first-order chi connectivity index (χ1) is 22.5. The topological polar surface area (TPSA) is 107 Å². The molecule has 3 aliphatic heterocycles. The van der Waals surface area contributed by atoms with Gasteiger partial charge in [0.05, 0.1) is 11.1 Å². The second-order valence-corrected chi connectivity index (χ2v) is 15.4. The minimum absolute atomic E-state index is 0.00620. The molecule has 1 aromatic carbocycles. The van der Waals surface area contributed by atoms with E-state index < -0.39 is 5.82 Å². The van der Waals surface area contributed by atoms with Gasteiger partial charge < -0.3 is 29.7 Å². The summed E-state index contributed by atoms with van der Waals surface area (Å²) in [6.07, 6.45) is 10.6. The van der Waals surface area contributed by atoms with Gasteiger partial charge in [-0.1, -0.05) is 0 Å². The number of carbonyl (C=O) groups excluding carboxylic acids is 2. The predicted octanol–water partition coefficient (Wildman–Crippen LogP) is 5.08. The molecule has 2 aromatic rings. The van der Waals surface area contributed by atoms with Crippen LogP contribution in [0.5, 0.6) is 11.6 Å². The molecular weight excluding hydrogens is 599 g/mol. The number of hydrogen-bond acceptors (Lipinski definition) is 8. The summed E-state index contributed by atoms with van der Waals surface area (Å²) in [7, 11) is 0. The van der Waals surface area contributed by atoms with Crippen LogP contribution >= 0.6 is 0 Å². The third kappa shape index (κ3) is 6.49. The van der Waals surface area contributed by atoms with E-state index in [0.717, 1.165) is 65.0 Å². The average molecular weight is 649 g/mol. The Bertz CT molecular complexity index is 1470. The van der Waals surface area contributed by atoms with Crippen molar-refractivity contribution in [2.75, 3.05) is 44.2 Å². The number of nitrogens with one attached hydrogen (secondary N) is 1. The average Bonchev–Trinajstić information content (AvgIpc) is 3.82. The van der Waals surface area contributed by atoms with Crippen LogP contribution in [0.25, 0.3) is 0 Å². The maximum Gasteiger partial charge on any atom is 0.318 e. The first-order valence-electron chi connectivity index (χ1n) is 17.6. The van der Waals surface area contributed by atoms with E-state index >= 15 is 0 Å². The molecule has 0 unspecified atom stereocenters. The fourth-order valence-electron chi connectivity index (χ4n) is 8.53. The highest BCUT2D eigenvalue weighted by molar-refractivity contribution is 5.97. The molecule has 1 N–H and O–H groups in total. The molecule has 0 radical (unpaired) electrons. The number of halogens is 1. The number of likely N-dealkylation sites (tertiary alicyclic amines) is 1. The Morgan fingerprint density at radius 3 is 2.40 bits per heavy atom. The van der Waals surface area contributed by atoms with Crippen molar-refractivity contribution in [3.63, 3.8) is 0 Å². The van der Waals surface area contributed by atoms with E-state index in [4.69, 9.17) is 4.74 Å². The Labute approximate surface area is 277 Å². The Balaban J connectivity index is 0.933. The van der Waals surface area contributed by atoms with Gasteiger partial charge in [-0.15, -0.1) is 10.2 Å². The van der Waals surface area contributed by atoms with Crippen LogP contribution in [0.4, 0.5) is 15.0 Å². The number of piperidine rings is 1. The number of hydrogen-bond donors (Lipinski definition) is 1. The minimum atomic E-state index is -0.503. The molecule has 1 aromatic heterocycles. The lowest BCUT2D eigenvalue weighted by atomic mass is 9.71. The first-order valence-corrected chi connectivity index (χ1v) is 17.6. The summed E-state index contributed by atoms with van der Waals surface area (Å²) in [5.74, 6) is 0.944. The van der Waals surface area contributed by atoms with Crippen LogP contribution in [0.2, 0.25) is 0 Å². The van der Waals surface area contributed by atoms with Gasteiger partial charge >= 0.3 is 6.03 Å². The smallest absolute Gasteiger partial charge is 0.318 e. The molecule has 2 saturated carbocycles. The maximum atomic E-state index is 14.4. The highest BCUT2D eigenvalue weighted by Crippen LogP contribution is 2.45. The Hall–Kier alpha value is -3.54. The third-order valence-corrected chi connectivity index (χ3v) is 11.2. The standard InChI is InChI=1S/C35H49FN8O3/c1-23(2)44(24(3)4)32(45)28-17-26(36)5-8-29(28)47-31-30(37-22-38-40-31)42-19-34(20-42)13-15-41(16-14-34)18-25-9-11-35(12-10-25)21-43(27-6-7-27)33(46)39-35/h5,8,17,22-25,27H,6-7,9-16,18-21H2,1-4H3,(H,39,46). The lowest BCUT2D eigenvalue weighted by Crippen LogP contribution is -2.61. The van der Waals surface area contributed by atoms with Gasteiger partial charge in [-0.25, -0.2) is 14.2 Å². The molecule has 2 spiro atoms. The van der Waals surface area contributed by atoms with Gasteiger partial charge in [0.25, 0.3) is 11.8 Å². The van der Waals surface area contributed by atoms with Crippen LogP contribution in [-0.4, -0.2) is 105 Å². The highest BCUT2D eigenvalue weighted by atomic mass is 19.1. The number of benzene rings is 1. The number of anilines is 1. The number of ether oxygens (including phenoxy) is 1. The van der Waals surface area contributed by atoms with Crippen molar-refractivity contribution in [1.29, 1.82) is 0 Å². The number of aromatic nitrogens is 3. The number of amides is 3. The molecule has 47 heavy (non-hydrogen) atoms. The van der Waals surface area contributed by atoms with Gasteiger partial charge in [-0.05, 0) is 116 Å². The molecule has 3 saturated heterocycles. The molecule has 7 rings (SSSR count). The third-order valence-electron chi connectivity index (χ3n) is 11.2. The Kier molecular flexibility index (Phi) is 8.51.